The van der Waals surface area contributed by atoms with Gasteiger partial charge in [-0.2, -0.15) is 0 Å². The van der Waals surface area contributed by atoms with Crippen LogP contribution >= 0.6 is 0 Å². The van der Waals surface area contributed by atoms with Crippen LogP contribution in [0, 0.1) is 5.82 Å². The Morgan fingerprint density at radius 3 is 2.62 bits per heavy atom. The molecule has 2 aromatic carbocycles. The van der Waals surface area contributed by atoms with Crippen molar-refractivity contribution in [1.29, 1.82) is 0 Å². The molecule has 1 saturated heterocycles. The third-order valence-electron chi connectivity index (χ3n) is 4.16. The van der Waals surface area contributed by atoms with E-state index in [1.54, 1.807) is 37.3 Å². The van der Waals surface area contributed by atoms with Crippen LogP contribution in [0.1, 0.15) is 12.5 Å². The summed E-state index contributed by atoms with van der Waals surface area (Å²) >= 11 is 0. The largest absolute Gasteiger partial charge is 0.506 e. The van der Waals surface area contributed by atoms with Crippen LogP contribution in [-0.2, 0) is 15.1 Å². The van der Waals surface area contributed by atoms with Gasteiger partial charge in [0.25, 0.3) is 5.91 Å². The van der Waals surface area contributed by atoms with E-state index < -0.39 is 35.7 Å². The molecule has 3 N–H and O–H groups in total. The molecule has 1 heterocycles. The number of phenolic OH excluding ortho intramolecular Hbond substituents is 1. The van der Waals surface area contributed by atoms with Gasteiger partial charge in [-0.05, 0) is 24.6 Å². The number of phenols is 1. The van der Waals surface area contributed by atoms with Crippen molar-refractivity contribution in [2.45, 2.75) is 12.5 Å². The van der Waals surface area contributed by atoms with Gasteiger partial charge in [0.1, 0.15) is 23.7 Å². The second-order valence-electron chi connectivity index (χ2n) is 6.02. The minimum atomic E-state index is -1.28. The Balaban J connectivity index is 1.76. The van der Waals surface area contributed by atoms with Gasteiger partial charge in [0.2, 0.25) is 5.91 Å². The van der Waals surface area contributed by atoms with Gasteiger partial charge in [0, 0.05) is 6.07 Å². The summed E-state index contributed by atoms with van der Waals surface area (Å²) < 4.78 is 13.2. The maximum absolute atomic E-state index is 13.2. The second-order valence-corrected chi connectivity index (χ2v) is 6.02. The van der Waals surface area contributed by atoms with E-state index in [-0.39, 0.29) is 11.4 Å². The van der Waals surface area contributed by atoms with Gasteiger partial charge < -0.3 is 15.7 Å². The molecule has 0 aromatic heterocycles. The number of halogens is 1. The Morgan fingerprint density at radius 1 is 1.23 bits per heavy atom. The second kappa shape index (κ2) is 6.47. The van der Waals surface area contributed by atoms with Gasteiger partial charge in [-0.3, -0.25) is 14.5 Å². The predicted molar refractivity (Wildman–Crippen MR) is 90.7 cm³/mol. The predicted octanol–water partition coefficient (Wildman–Crippen LogP) is 1.94. The normalized spacial score (nSPS) is 19.4. The number of carbonyl (C=O) groups excluding carboxylic acids is 3. The number of carbonyl (C=O) groups is 3. The average Bonchev–Trinajstić information content (AvgIpc) is 2.83. The van der Waals surface area contributed by atoms with Crippen LogP contribution in [0.5, 0.6) is 5.75 Å². The van der Waals surface area contributed by atoms with E-state index in [2.05, 4.69) is 10.6 Å². The highest BCUT2D eigenvalue weighted by Crippen LogP contribution is 2.29. The molecule has 1 aliphatic heterocycles. The minimum Gasteiger partial charge on any atom is -0.506 e. The lowest BCUT2D eigenvalue weighted by molar-refractivity contribution is -0.133. The number of hydrogen-bond acceptors (Lipinski definition) is 4. The van der Waals surface area contributed by atoms with E-state index >= 15 is 0 Å². The molecular formula is C18H16FN3O4. The van der Waals surface area contributed by atoms with Crippen LogP contribution in [0.4, 0.5) is 14.9 Å². The number of anilines is 1. The van der Waals surface area contributed by atoms with E-state index in [4.69, 9.17) is 0 Å². The SMILES string of the molecule is CC1(c2ccccc2)NC(=O)N(CC(=O)Nc2cc(F)ccc2O)C1=O. The van der Waals surface area contributed by atoms with E-state index in [1.807, 2.05) is 0 Å². The standard InChI is InChI=1S/C18H16FN3O4/c1-18(11-5-3-2-4-6-11)16(25)22(17(26)21-18)10-15(24)20-13-9-12(19)7-8-14(13)23/h2-9,23H,10H2,1H3,(H,20,24)(H,21,26). The molecule has 2 aromatic rings. The fraction of sp³-hybridized carbons (Fsp3) is 0.167. The molecule has 0 aliphatic carbocycles. The first-order valence-corrected chi connectivity index (χ1v) is 7.79. The number of aromatic hydroxyl groups is 1. The van der Waals surface area contributed by atoms with Gasteiger partial charge in [0.05, 0.1) is 5.69 Å². The van der Waals surface area contributed by atoms with Crippen molar-refractivity contribution in [2.24, 2.45) is 0 Å². The van der Waals surface area contributed by atoms with Gasteiger partial charge in [0.15, 0.2) is 0 Å². The average molecular weight is 357 g/mol. The summed E-state index contributed by atoms with van der Waals surface area (Å²) in [5, 5.41) is 14.5. The Kier molecular flexibility index (Phi) is 4.33. The summed E-state index contributed by atoms with van der Waals surface area (Å²) in [6, 6.07) is 11.0. The summed E-state index contributed by atoms with van der Waals surface area (Å²) in [6.45, 7) is 0.988. The zero-order valence-electron chi connectivity index (χ0n) is 13.8. The number of urea groups is 1. The summed E-state index contributed by atoms with van der Waals surface area (Å²) in [4.78, 5) is 37.8. The third-order valence-corrected chi connectivity index (χ3v) is 4.16. The molecule has 134 valence electrons. The zero-order valence-corrected chi connectivity index (χ0v) is 13.8. The van der Waals surface area contributed by atoms with Crippen molar-refractivity contribution < 1.29 is 23.9 Å². The number of benzene rings is 2. The van der Waals surface area contributed by atoms with Crippen LogP contribution in [0.15, 0.2) is 48.5 Å². The summed E-state index contributed by atoms with van der Waals surface area (Å²) in [7, 11) is 0. The molecule has 0 spiro atoms. The van der Waals surface area contributed by atoms with Crippen LogP contribution in [0.2, 0.25) is 0 Å². The molecule has 0 bridgehead atoms. The number of amides is 4. The first-order valence-electron chi connectivity index (χ1n) is 7.79. The lowest BCUT2D eigenvalue weighted by Crippen LogP contribution is -2.42. The van der Waals surface area contributed by atoms with Gasteiger partial charge in [-0.25, -0.2) is 9.18 Å². The van der Waals surface area contributed by atoms with Gasteiger partial charge >= 0.3 is 6.03 Å². The van der Waals surface area contributed by atoms with Gasteiger partial charge in [-0.15, -0.1) is 0 Å². The highest BCUT2D eigenvalue weighted by molar-refractivity contribution is 6.10. The molecule has 1 atom stereocenters. The Bertz CT molecular complexity index is 887. The Labute approximate surface area is 148 Å². The monoisotopic (exact) mass is 357 g/mol. The van der Waals surface area contributed by atoms with Crippen molar-refractivity contribution in [3.63, 3.8) is 0 Å². The highest BCUT2D eigenvalue weighted by atomic mass is 19.1. The fourth-order valence-corrected chi connectivity index (χ4v) is 2.75. The minimum absolute atomic E-state index is 0.145. The quantitative estimate of drug-likeness (QED) is 0.575. The molecule has 1 aliphatic rings. The molecule has 4 amide bonds. The molecule has 26 heavy (non-hydrogen) atoms. The van der Waals surface area contributed by atoms with Crippen molar-refractivity contribution in [3.8, 4) is 5.75 Å². The van der Waals surface area contributed by atoms with E-state index in [0.717, 1.165) is 23.1 Å². The number of nitrogens with zero attached hydrogens (tertiary/aromatic N) is 1. The van der Waals surface area contributed by atoms with Crippen LogP contribution in [0.3, 0.4) is 0 Å². The first-order chi connectivity index (χ1) is 12.3. The Morgan fingerprint density at radius 2 is 1.92 bits per heavy atom. The van der Waals surface area contributed by atoms with Crippen LogP contribution in [-0.4, -0.2) is 34.4 Å². The topological polar surface area (TPSA) is 98.7 Å². The van der Waals surface area contributed by atoms with E-state index in [9.17, 15) is 23.9 Å². The third kappa shape index (κ3) is 3.08. The number of hydrogen-bond donors (Lipinski definition) is 3. The van der Waals surface area contributed by atoms with Crippen molar-refractivity contribution in [1.82, 2.24) is 10.2 Å². The van der Waals surface area contributed by atoms with E-state index in [1.165, 1.54) is 0 Å². The maximum Gasteiger partial charge on any atom is 0.325 e. The van der Waals surface area contributed by atoms with Gasteiger partial charge in [-0.1, -0.05) is 30.3 Å². The molecule has 3 rings (SSSR count). The molecule has 7 nitrogen and oxygen atoms in total. The van der Waals surface area contributed by atoms with Crippen molar-refractivity contribution in [2.75, 3.05) is 11.9 Å². The summed E-state index contributed by atoms with van der Waals surface area (Å²) in [5.41, 5.74) is -0.837. The number of rotatable bonds is 4. The smallest absolute Gasteiger partial charge is 0.325 e. The van der Waals surface area contributed by atoms with Crippen molar-refractivity contribution in [3.05, 3.63) is 59.9 Å². The molecule has 0 saturated carbocycles. The first kappa shape index (κ1) is 17.4. The van der Waals surface area contributed by atoms with Crippen LogP contribution < -0.4 is 10.6 Å². The molecular weight excluding hydrogens is 341 g/mol. The molecule has 1 fully saturated rings. The maximum atomic E-state index is 13.2. The molecule has 1 unspecified atom stereocenters. The fourth-order valence-electron chi connectivity index (χ4n) is 2.75. The number of imide groups is 1. The molecule has 8 heteroatoms. The Hall–Kier alpha value is -3.42. The lowest BCUT2D eigenvalue weighted by Gasteiger charge is -2.22. The highest BCUT2D eigenvalue weighted by Gasteiger charge is 2.49. The van der Waals surface area contributed by atoms with E-state index in [0.29, 0.717) is 5.56 Å². The summed E-state index contributed by atoms with van der Waals surface area (Å²) in [6.07, 6.45) is 0. The molecule has 0 radical (unpaired) electrons. The van der Waals surface area contributed by atoms with Crippen molar-refractivity contribution >= 4 is 23.5 Å². The summed E-state index contributed by atoms with van der Waals surface area (Å²) in [5.74, 6) is -2.30. The zero-order chi connectivity index (χ0) is 18.9. The van der Waals surface area contributed by atoms with Crippen LogP contribution in [0.25, 0.3) is 0 Å². The lowest BCUT2D eigenvalue weighted by atomic mass is 9.92. The number of nitrogens with one attached hydrogen (secondary N) is 2.